The standard InChI is InChI=1S/C10H11BrFNO/c1-14-9-6(10(13)4-5-10)2-3-7(12)8(9)11/h2-3H,4-5,13H2,1H3. The van der Waals surface area contributed by atoms with E-state index in [2.05, 4.69) is 15.9 Å². The van der Waals surface area contributed by atoms with Crippen molar-refractivity contribution in [2.24, 2.45) is 5.73 Å². The molecule has 2 rings (SSSR count). The van der Waals surface area contributed by atoms with Crippen LogP contribution in [0.2, 0.25) is 0 Å². The summed E-state index contributed by atoms with van der Waals surface area (Å²) in [4.78, 5) is 0. The fraction of sp³-hybridized carbons (Fsp3) is 0.400. The van der Waals surface area contributed by atoms with Gasteiger partial charge in [0.15, 0.2) is 0 Å². The molecule has 0 bridgehead atoms. The molecule has 0 saturated heterocycles. The summed E-state index contributed by atoms with van der Waals surface area (Å²) >= 11 is 3.16. The van der Waals surface area contributed by atoms with Gasteiger partial charge in [0.25, 0.3) is 0 Å². The third-order valence-corrected chi connectivity index (χ3v) is 3.32. The molecule has 0 aliphatic heterocycles. The Morgan fingerprint density at radius 2 is 2.14 bits per heavy atom. The van der Waals surface area contributed by atoms with Crippen LogP contribution in [-0.4, -0.2) is 7.11 Å². The van der Waals surface area contributed by atoms with Crippen molar-refractivity contribution in [3.05, 3.63) is 28.0 Å². The topological polar surface area (TPSA) is 35.2 Å². The van der Waals surface area contributed by atoms with Crippen LogP contribution >= 0.6 is 15.9 Å². The highest BCUT2D eigenvalue weighted by molar-refractivity contribution is 9.10. The van der Waals surface area contributed by atoms with Gasteiger partial charge in [-0.2, -0.15) is 0 Å². The zero-order valence-corrected chi connectivity index (χ0v) is 9.40. The molecule has 76 valence electrons. The first-order valence-electron chi connectivity index (χ1n) is 4.40. The molecule has 1 aromatic carbocycles. The van der Waals surface area contributed by atoms with Gasteiger partial charge in [-0.15, -0.1) is 0 Å². The van der Waals surface area contributed by atoms with Crippen LogP contribution < -0.4 is 10.5 Å². The molecule has 1 aromatic rings. The summed E-state index contributed by atoms with van der Waals surface area (Å²) in [5.74, 6) is 0.194. The van der Waals surface area contributed by atoms with Gasteiger partial charge in [0.1, 0.15) is 11.6 Å². The Labute approximate surface area is 90.4 Å². The Morgan fingerprint density at radius 3 is 2.64 bits per heavy atom. The molecule has 0 unspecified atom stereocenters. The van der Waals surface area contributed by atoms with E-state index in [1.165, 1.54) is 13.2 Å². The summed E-state index contributed by atoms with van der Waals surface area (Å²) in [5, 5.41) is 0. The van der Waals surface area contributed by atoms with E-state index in [0.29, 0.717) is 10.2 Å². The molecule has 14 heavy (non-hydrogen) atoms. The fourth-order valence-corrected chi connectivity index (χ4v) is 2.04. The Balaban J connectivity index is 2.55. The number of rotatable bonds is 2. The van der Waals surface area contributed by atoms with Gasteiger partial charge in [0.05, 0.1) is 11.6 Å². The molecular weight excluding hydrogens is 249 g/mol. The zero-order chi connectivity index (χ0) is 10.3. The third-order valence-electron chi connectivity index (χ3n) is 2.58. The average Bonchev–Trinajstić information content (AvgIpc) is 2.89. The maximum Gasteiger partial charge on any atom is 0.141 e. The van der Waals surface area contributed by atoms with E-state index in [1.54, 1.807) is 6.07 Å². The lowest BCUT2D eigenvalue weighted by atomic mass is 10.0. The van der Waals surface area contributed by atoms with E-state index in [-0.39, 0.29) is 11.4 Å². The number of benzene rings is 1. The van der Waals surface area contributed by atoms with Crippen LogP contribution in [0.15, 0.2) is 16.6 Å². The number of hydrogen-bond acceptors (Lipinski definition) is 2. The van der Waals surface area contributed by atoms with Crippen LogP contribution in [0.4, 0.5) is 4.39 Å². The van der Waals surface area contributed by atoms with Crippen LogP contribution in [0.1, 0.15) is 18.4 Å². The molecule has 1 aliphatic carbocycles. The van der Waals surface area contributed by atoms with Crippen molar-refractivity contribution in [3.63, 3.8) is 0 Å². The quantitative estimate of drug-likeness (QED) is 0.886. The summed E-state index contributed by atoms with van der Waals surface area (Å²) in [6, 6.07) is 3.11. The summed E-state index contributed by atoms with van der Waals surface area (Å²) < 4.78 is 18.7. The number of methoxy groups -OCH3 is 1. The zero-order valence-electron chi connectivity index (χ0n) is 7.81. The van der Waals surface area contributed by atoms with Crippen molar-refractivity contribution < 1.29 is 9.13 Å². The normalized spacial score (nSPS) is 18.0. The van der Waals surface area contributed by atoms with Crippen molar-refractivity contribution in [1.82, 2.24) is 0 Å². The molecule has 1 saturated carbocycles. The van der Waals surface area contributed by atoms with Crippen LogP contribution in [0.25, 0.3) is 0 Å². The molecule has 1 aliphatic rings. The number of ether oxygens (including phenoxy) is 1. The molecule has 2 N–H and O–H groups in total. The number of halogens is 2. The number of nitrogens with two attached hydrogens (primary N) is 1. The Bertz CT molecular complexity index is 377. The second kappa shape index (κ2) is 3.21. The Morgan fingerprint density at radius 1 is 1.50 bits per heavy atom. The van der Waals surface area contributed by atoms with E-state index in [0.717, 1.165) is 18.4 Å². The van der Waals surface area contributed by atoms with E-state index < -0.39 is 0 Å². The second-order valence-electron chi connectivity index (χ2n) is 3.60. The largest absolute Gasteiger partial charge is 0.495 e. The van der Waals surface area contributed by atoms with Crippen molar-refractivity contribution in [2.75, 3.05) is 7.11 Å². The minimum atomic E-state index is -0.324. The van der Waals surface area contributed by atoms with Crippen molar-refractivity contribution >= 4 is 15.9 Å². The molecule has 0 atom stereocenters. The van der Waals surface area contributed by atoms with Crippen LogP contribution in [-0.2, 0) is 5.54 Å². The van der Waals surface area contributed by atoms with Crippen molar-refractivity contribution in [3.8, 4) is 5.75 Å². The summed E-state index contributed by atoms with van der Waals surface area (Å²) in [5.41, 5.74) is 6.62. The predicted octanol–water partition coefficient (Wildman–Crippen LogP) is 2.54. The first-order valence-corrected chi connectivity index (χ1v) is 5.19. The first-order chi connectivity index (χ1) is 6.58. The molecule has 0 aromatic heterocycles. The van der Waals surface area contributed by atoms with Gasteiger partial charge in [-0.05, 0) is 34.8 Å². The minimum Gasteiger partial charge on any atom is -0.495 e. The highest BCUT2D eigenvalue weighted by Gasteiger charge is 2.42. The molecule has 0 heterocycles. The highest BCUT2D eigenvalue weighted by Crippen LogP contribution is 2.48. The van der Waals surface area contributed by atoms with Crippen molar-refractivity contribution in [1.29, 1.82) is 0 Å². The molecule has 4 heteroatoms. The van der Waals surface area contributed by atoms with Gasteiger partial charge in [-0.1, -0.05) is 6.07 Å². The first kappa shape index (κ1) is 9.93. The minimum absolute atomic E-state index is 0.304. The highest BCUT2D eigenvalue weighted by atomic mass is 79.9. The average molecular weight is 260 g/mol. The van der Waals surface area contributed by atoms with Crippen molar-refractivity contribution in [2.45, 2.75) is 18.4 Å². The van der Waals surface area contributed by atoms with Gasteiger partial charge in [0, 0.05) is 11.1 Å². The Hall–Kier alpha value is -0.610. The molecule has 0 amide bonds. The maximum absolute atomic E-state index is 13.2. The van der Waals surface area contributed by atoms with Gasteiger partial charge >= 0.3 is 0 Å². The van der Waals surface area contributed by atoms with E-state index in [1.807, 2.05) is 0 Å². The summed E-state index contributed by atoms with van der Waals surface area (Å²) in [6.07, 6.45) is 1.86. The van der Waals surface area contributed by atoms with Crippen LogP contribution in [0.3, 0.4) is 0 Å². The number of hydrogen-bond donors (Lipinski definition) is 1. The maximum atomic E-state index is 13.2. The molecule has 2 nitrogen and oxygen atoms in total. The van der Waals surface area contributed by atoms with Gasteiger partial charge < -0.3 is 10.5 Å². The molecule has 0 radical (unpaired) electrons. The Kier molecular flexibility index (Phi) is 2.27. The lowest BCUT2D eigenvalue weighted by molar-refractivity contribution is 0.397. The van der Waals surface area contributed by atoms with Gasteiger partial charge in [0.2, 0.25) is 0 Å². The summed E-state index contributed by atoms with van der Waals surface area (Å²) in [7, 11) is 1.52. The van der Waals surface area contributed by atoms with E-state index in [4.69, 9.17) is 10.5 Å². The van der Waals surface area contributed by atoms with Gasteiger partial charge in [-0.25, -0.2) is 4.39 Å². The van der Waals surface area contributed by atoms with E-state index >= 15 is 0 Å². The molecule has 0 spiro atoms. The summed E-state index contributed by atoms with van der Waals surface area (Å²) in [6.45, 7) is 0. The monoisotopic (exact) mass is 259 g/mol. The van der Waals surface area contributed by atoms with Crippen LogP contribution in [0, 0.1) is 5.82 Å². The smallest absolute Gasteiger partial charge is 0.141 e. The lowest BCUT2D eigenvalue weighted by Gasteiger charge is -2.15. The third kappa shape index (κ3) is 1.42. The van der Waals surface area contributed by atoms with E-state index in [9.17, 15) is 4.39 Å². The van der Waals surface area contributed by atoms with Gasteiger partial charge in [-0.3, -0.25) is 0 Å². The fourth-order valence-electron chi connectivity index (χ4n) is 1.53. The molecular formula is C10H11BrFNO. The lowest BCUT2D eigenvalue weighted by Crippen LogP contribution is -2.20. The molecule has 1 fully saturated rings. The second-order valence-corrected chi connectivity index (χ2v) is 4.39. The predicted molar refractivity (Wildman–Crippen MR) is 55.8 cm³/mol. The van der Waals surface area contributed by atoms with Crippen LogP contribution in [0.5, 0.6) is 5.75 Å². The SMILES string of the molecule is COc1c(C2(N)CC2)ccc(F)c1Br.